The van der Waals surface area contributed by atoms with E-state index in [2.05, 4.69) is 34.9 Å². The molecule has 3 aliphatic carbocycles. The molecule has 2 saturated carbocycles. The van der Waals surface area contributed by atoms with Crippen molar-refractivity contribution < 1.29 is 24.2 Å². The zero-order valence-electron chi connectivity index (χ0n) is 17.7. The van der Waals surface area contributed by atoms with Crippen molar-refractivity contribution in [2.24, 2.45) is 11.8 Å². The number of carboxylic acids is 1. The lowest BCUT2D eigenvalue weighted by atomic mass is 9.98. The van der Waals surface area contributed by atoms with Gasteiger partial charge in [0, 0.05) is 18.9 Å². The average Bonchev–Trinajstić information content (AvgIpc) is 3.69. The van der Waals surface area contributed by atoms with Gasteiger partial charge in [-0.2, -0.15) is 0 Å². The van der Waals surface area contributed by atoms with Gasteiger partial charge in [0.25, 0.3) is 0 Å². The summed E-state index contributed by atoms with van der Waals surface area (Å²) < 4.78 is 5.60. The quantitative estimate of drug-likeness (QED) is 0.591. The molecule has 0 heterocycles. The molecule has 5 rings (SSSR count). The fourth-order valence-electron chi connectivity index (χ4n) is 4.74. The summed E-state index contributed by atoms with van der Waals surface area (Å²) in [7, 11) is 0. The predicted molar refractivity (Wildman–Crippen MR) is 117 cm³/mol. The number of fused-ring (bicyclic) bond motifs is 3. The summed E-state index contributed by atoms with van der Waals surface area (Å²) in [5.74, 6) is -1.31. The summed E-state index contributed by atoms with van der Waals surface area (Å²) in [6.45, 7) is 0.608. The number of ether oxygens (including phenoxy) is 1. The minimum Gasteiger partial charge on any atom is -0.481 e. The van der Waals surface area contributed by atoms with E-state index in [-0.39, 0.29) is 36.7 Å². The van der Waals surface area contributed by atoms with Crippen LogP contribution in [-0.4, -0.2) is 41.8 Å². The first-order valence-electron chi connectivity index (χ1n) is 11.1. The van der Waals surface area contributed by atoms with Crippen LogP contribution in [0.4, 0.5) is 4.79 Å². The zero-order valence-corrected chi connectivity index (χ0v) is 17.7. The molecule has 7 nitrogen and oxygen atoms in total. The number of hydrogen-bond acceptors (Lipinski definition) is 4. The second kappa shape index (κ2) is 7.97. The SMILES string of the molecule is O=C(CC1(NC(=O)OCC2c3ccccc3-c3ccccc32)CC1)NC[C@@H]1C[C@@H]1C(=O)O. The van der Waals surface area contributed by atoms with Crippen molar-refractivity contribution in [3.05, 3.63) is 59.7 Å². The Balaban J connectivity index is 1.13. The van der Waals surface area contributed by atoms with Crippen LogP contribution in [0.2, 0.25) is 0 Å². The van der Waals surface area contributed by atoms with Crippen molar-refractivity contribution in [2.75, 3.05) is 13.2 Å². The molecule has 0 saturated heterocycles. The van der Waals surface area contributed by atoms with Gasteiger partial charge in [-0.1, -0.05) is 48.5 Å². The summed E-state index contributed by atoms with van der Waals surface area (Å²) in [4.78, 5) is 35.7. The molecule has 0 aromatic heterocycles. The third-order valence-electron chi connectivity index (χ3n) is 6.86. The Hall–Kier alpha value is -3.35. The molecule has 0 radical (unpaired) electrons. The molecule has 3 aliphatic rings. The van der Waals surface area contributed by atoms with Gasteiger partial charge >= 0.3 is 12.1 Å². The fourth-order valence-corrected chi connectivity index (χ4v) is 4.74. The molecule has 2 aromatic rings. The Kier molecular flexibility index (Phi) is 5.12. The molecular weight excluding hydrogens is 408 g/mol. The van der Waals surface area contributed by atoms with Crippen molar-refractivity contribution in [1.29, 1.82) is 0 Å². The van der Waals surface area contributed by atoms with Crippen molar-refractivity contribution in [2.45, 2.75) is 37.1 Å². The Morgan fingerprint density at radius 1 is 1.00 bits per heavy atom. The van der Waals surface area contributed by atoms with Gasteiger partial charge in [0.2, 0.25) is 5.91 Å². The molecule has 7 heteroatoms. The van der Waals surface area contributed by atoms with E-state index in [1.807, 2.05) is 24.3 Å². The van der Waals surface area contributed by atoms with Crippen molar-refractivity contribution in [3.8, 4) is 11.1 Å². The maximum Gasteiger partial charge on any atom is 0.407 e. The van der Waals surface area contributed by atoms with Crippen LogP contribution < -0.4 is 10.6 Å². The number of aliphatic carboxylic acids is 1. The Labute approximate surface area is 186 Å². The van der Waals surface area contributed by atoms with Crippen LogP contribution in [0.25, 0.3) is 11.1 Å². The largest absolute Gasteiger partial charge is 0.481 e. The lowest BCUT2D eigenvalue weighted by molar-refractivity contribution is -0.139. The average molecular weight is 434 g/mol. The van der Waals surface area contributed by atoms with E-state index < -0.39 is 17.6 Å². The van der Waals surface area contributed by atoms with Crippen molar-refractivity contribution in [1.82, 2.24) is 10.6 Å². The molecule has 166 valence electrons. The predicted octanol–water partition coefficient (Wildman–Crippen LogP) is 3.28. The maximum atomic E-state index is 12.5. The molecule has 0 unspecified atom stereocenters. The van der Waals surface area contributed by atoms with E-state index in [4.69, 9.17) is 9.84 Å². The summed E-state index contributed by atoms with van der Waals surface area (Å²) in [5.41, 5.74) is 4.10. The number of carbonyl (C=O) groups is 3. The first kappa shape index (κ1) is 20.5. The highest BCUT2D eigenvalue weighted by atomic mass is 16.5. The molecule has 0 aliphatic heterocycles. The Morgan fingerprint density at radius 3 is 2.19 bits per heavy atom. The third-order valence-corrected chi connectivity index (χ3v) is 6.86. The Bertz CT molecular complexity index is 1030. The first-order chi connectivity index (χ1) is 15.5. The summed E-state index contributed by atoms with van der Waals surface area (Å²) >= 11 is 0. The molecule has 2 amide bonds. The van der Waals surface area contributed by atoms with Crippen LogP contribution in [0.15, 0.2) is 48.5 Å². The second-order valence-corrected chi connectivity index (χ2v) is 9.15. The lowest BCUT2D eigenvalue weighted by Gasteiger charge is -2.19. The number of rotatable bonds is 8. The smallest absolute Gasteiger partial charge is 0.407 e. The molecule has 0 spiro atoms. The van der Waals surface area contributed by atoms with Gasteiger partial charge in [-0.05, 0) is 47.4 Å². The molecule has 2 aromatic carbocycles. The number of alkyl carbamates (subject to hydrolysis) is 1. The van der Waals surface area contributed by atoms with Crippen LogP contribution in [0.1, 0.15) is 42.7 Å². The van der Waals surface area contributed by atoms with E-state index >= 15 is 0 Å². The van der Waals surface area contributed by atoms with Gasteiger partial charge in [0.05, 0.1) is 11.5 Å². The minimum absolute atomic E-state index is 0.00711. The van der Waals surface area contributed by atoms with Crippen LogP contribution in [0, 0.1) is 11.8 Å². The van der Waals surface area contributed by atoms with Gasteiger partial charge < -0.3 is 20.5 Å². The summed E-state index contributed by atoms with van der Waals surface area (Å²) in [5, 5.41) is 14.6. The minimum atomic E-state index is -0.806. The van der Waals surface area contributed by atoms with E-state index in [9.17, 15) is 14.4 Å². The lowest BCUT2D eigenvalue weighted by Crippen LogP contribution is -2.42. The number of benzene rings is 2. The normalized spacial score (nSPS) is 21.8. The molecule has 32 heavy (non-hydrogen) atoms. The molecular formula is C25H26N2O5. The number of carboxylic acid groups (broad SMARTS) is 1. The number of carbonyl (C=O) groups excluding carboxylic acids is 2. The molecule has 3 N–H and O–H groups in total. The molecule has 0 bridgehead atoms. The highest BCUT2D eigenvalue weighted by Crippen LogP contribution is 2.45. The van der Waals surface area contributed by atoms with Crippen molar-refractivity contribution in [3.63, 3.8) is 0 Å². The highest BCUT2D eigenvalue weighted by Gasteiger charge is 2.47. The zero-order chi connectivity index (χ0) is 22.3. The molecule has 2 fully saturated rings. The van der Waals surface area contributed by atoms with Crippen LogP contribution in [0.3, 0.4) is 0 Å². The van der Waals surface area contributed by atoms with Gasteiger partial charge in [-0.25, -0.2) is 4.79 Å². The Morgan fingerprint density at radius 2 is 1.62 bits per heavy atom. The van der Waals surface area contributed by atoms with E-state index in [0.29, 0.717) is 13.0 Å². The van der Waals surface area contributed by atoms with Gasteiger partial charge in [0.1, 0.15) is 6.61 Å². The standard InChI is InChI=1S/C25H26N2O5/c28-22(26-13-15-11-20(15)23(29)30)12-25(9-10-25)27-24(31)32-14-21-18-7-3-1-5-16(18)17-6-2-4-8-19(17)21/h1-8,15,20-21H,9-14H2,(H,26,28)(H,27,31)(H,29,30)/t15-,20-/m0/s1. The van der Waals surface area contributed by atoms with Gasteiger partial charge in [0.15, 0.2) is 0 Å². The second-order valence-electron chi connectivity index (χ2n) is 9.15. The highest BCUT2D eigenvalue weighted by molar-refractivity contribution is 5.81. The van der Waals surface area contributed by atoms with Crippen LogP contribution in [0.5, 0.6) is 0 Å². The maximum absolute atomic E-state index is 12.5. The summed E-state index contributed by atoms with van der Waals surface area (Å²) in [6.07, 6.45) is 1.74. The first-order valence-corrected chi connectivity index (χ1v) is 11.1. The summed E-state index contributed by atoms with van der Waals surface area (Å²) in [6, 6.07) is 16.3. The van der Waals surface area contributed by atoms with Gasteiger partial charge in [-0.3, -0.25) is 9.59 Å². The fraction of sp³-hybridized carbons (Fsp3) is 0.400. The van der Waals surface area contributed by atoms with E-state index in [1.54, 1.807) is 0 Å². The van der Waals surface area contributed by atoms with Crippen LogP contribution in [-0.2, 0) is 14.3 Å². The monoisotopic (exact) mass is 434 g/mol. The topological polar surface area (TPSA) is 105 Å². The molecule has 2 atom stereocenters. The van der Waals surface area contributed by atoms with E-state index in [1.165, 1.54) is 11.1 Å². The van der Waals surface area contributed by atoms with Crippen LogP contribution >= 0.6 is 0 Å². The van der Waals surface area contributed by atoms with E-state index in [0.717, 1.165) is 24.0 Å². The number of nitrogens with one attached hydrogen (secondary N) is 2. The number of amides is 2. The third kappa shape index (κ3) is 4.07. The number of hydrogen-bond donors (Lipinski definition) is 3. The van der Waals surface area contributed by atoms with Crippen molar-refractivity contribution >= 4 is 18.0 Å². The van der Waals surface area contributed by atoms with Gasteiger partial charge in [-0.15, -0.1) is 0 Å².